The standard InChI is InChI=1S/C23H27ClFN7O3/c1-12-9-32(10-18(26)23(12,2)25)22-28-8-15(24)20(30-22)29-14-4-5-16-13(6-14)7-17(21(34)31(16)3)35-11-19(27)33/h4-8,12,18H,9-11,26H2,1-3H3,(H2,27,33)(H,28,29,30). The van der Waals surface area contributed by atoms with E-state index in [9.17, 15) is 14.0 Å². The Balaban J connectivity index is 1.63. The molecule has 1 aliphatic rings. The van der Waals surface area contributed by atoms with Crippen molar-refractivity contribution < 1.29 is 13.9 Å². The summed E-state index contributed by atoms with van der Waals surface area (Å²) in [4.78, 5) is 34.2. The quantitative estimate of drug-likeness (QED) is 0.464. The molecule has 1 amide bonds. The SMILES string of the molecule is CC1CN(c2ncc(Cl)c(Nc3ccc4c(c3)cc(OCC(N)=O)c(=O)n4C)n2)CC(N)C1(C)F. The van der Waals surface area contributed by atoms with Gasteiger partial charge in [-0.2, -0.15) is 4.98 Å². The first-order chi connectivity index (χ1) is 16.5. The lowest BCUT2D eigenvalue weighted by atomic mass is 9.82. The van der Waals surface area contributed by atoms with Crippen LogP contribution in [0.4, 0.5) is 21.8 Å². The molecule has 3 heterocycles. The number of pyridine rings is 1. The third-order valence-electron chi connectivity index (χ3n) is 6.44. The van der Waals surface area contributed by atoms with E-state index in [1.54, 1.807) is 31.3 Å². The van der Waals surface area contributed by atoms with E-state index in [4.69, 9.17) is 27.8 Å². The number of carbonyl (C=O) groups excluding carboxylic acids is 1. The highest BCUT2D eigenvalue weighted by Gasteiger charge is 2.43. The molecule has 4 rings (SSSR count). The van der Waals surface area contributed by atoms with Crippen molar-refractivity contribution in [3.05, 3.63) is 45.8 Å². The number of hydrogen-bond acceptors (Lipinski definition) is 8. The van der Waals surface area contributed by atoms with E-state index < -0.39 is 24.2 Å². The van der Waals surface area contributed by atoms with E-state index in [2.05, 4.69) is 15.3 Å². The minimum atomic E-state index is -1.48. The van der Waals surface area contributed by atoms with E-state index in [0.717, 1.165) is 0 Å². The van der Waals surface area contributed by atoms with Gasteiger partial charge >= 0.3 is 0 Å². The van der Waals surface area contributed by atoms with Gasteiger partial charge in [0.15, 0.2) is 18.2 Å². The Morgan fingerprint density at radius 3 is 2.80 bits per heavy atom. The molecule has 1 aliphatic heterocycles. The number of hydrogen-bond donors (Lipinski definition) is 3. The Morgan fingerprint density at radius 1 is 1.37 bits per heavy atom. The average Bonchev–Trinajstić information content (AvgIpc) is 2.80. The van der Waals surface area contributed by atoms with Gasteiger partial charge in [0.2, 0.25) is 5.95 Å². The van der Waals surface area contributed by atoms with Gasteiger partial charge in [0.05, 0.1) is 17.8 Å². The predicted octanol–water partition coefficient (Wildman–Crippen LogP) is 2.10. The summed E-state index contributed by atoms with van der Waals surface area (Å²) in [6.45, 7) is 3.62. The maximum Gasteiger partial charge on any atom is 0.293 e. The monoisotopic (exact) mass is 503 g/mol. The highest BCUT2D eigenvalue weighted by molar-refractivity contribution is 6.32. The number of alkyl halides is 1. The zero-order chi connectivity index (χ0) is 25.5. The van der Waals surface area contributed by atoms with E-state index in [0.29, 0.717) is 39.9 Å². The number of rotatable bonds is 6. The van der Waals surface area contributed by atoms with Gasteiger partial charge in [0.1, 0.15) is 10.7 Å². The van der Waals surface area contributed by atoms with Crippen LogP contribution in [-0.4, -0.2) is 51.8 Å². The van der Waals surface area contributed by atoms with E-state index in [1.807, 2.05) is 11.8 Å². The first-order valence-corrected chi connectivity index (χ1v) is 11.4. The molecule has 1 fully saturated rings. The summed E-state index contributed by atoms with van der Waals surface area (Å²) < 4.78 is 21.5. The summed E-state index contributed by atoms with van der Waals surface area (Å²) >= 11 is 6.35. The molecule has 3 atom stereocenters. The Labute approximate surface area is 206 Å². The summed E-state index contributed by atoms with van der Waals surface area (Å²) in [6.07, 6.45) is 1.48. The van der Waals surface area contributed by atoms with E-state index in [1.165, 1.54) is 17.7 Å². The number of piperidine rings is 1. The fourth-order valence-corrected chi connectivity index (χ4v) is 4.18. The molecule has 0 aliphatic carbocycles. The van der Waals surface area contributed by atoms with Crippen molar-refractivity contribution in [2.24, 2.45) is 24.4 Å². The number of primary amides is 1. The van der Waals surface area contributed by atoms with Crippen LogP contribution in [-0.2, 0) is 11.8 Å². The molecule has 12 heteroatoms. The maximum atomic E-state index is 14.8. The molecular weight excluding hydrogens is 477 g/mol. The lowest BCUT2D eigenvalue weighted by Crippen LogP contribution is -2.60. The molecule has 1 saturated heterocycles. The van der Waals surface area contributed by atoms with Crippen LogP contribution in [0, 0.1) is 5.92 Å². The van der Waals surface area contributed by atoms with Gasteiger partial charge in [-0.1, -0.05) is 18.5 Å². The van der Waals surface area contributed by atoms with Gasteiger partial charge in [-0.05, 0) is 31.2 Å². The van der Waals surface area contributed by atoms with E-state index >= 15 is 0 Å². The zero-order valence-corrected chi connectivity index (χ0v) is 20.3. The van der Waals surface area contributed by atoms with Crippen LogP contribution in [0.25, 0.3) is 10.9 Å². The fraction of sp³-hybridized carbons (Fsp3) is 0.391. The van der Waals surface area contributed by atoms with Crippen LogP contribution < -0.4 is 32.0 Å². The van der Waals surface area contributed by atoms with Gasteiger partial charge in [-0.3, -0.25) is 9.59 Å². The molecule has 0 bridgehead atoms. The highest BCUT2D eigenvalue weighted by atomic mass is 35.5. The first kappa shape index (κ1) is 24.7. The molecule has 0 saturated carbocycles. The first-order valence-electron chi connectivity index (χ1n) is 11.0. The molecule has 3 unspecified atom stereocenters. The van der Waals surface area contributed by atoms with Crippen molar-refractivity contribution in [2.45, 2.75) is 25.6 Å². The molecule has 3 aromatic rings. The lowest BCUT2D eigenvalue weighted by molar-refractivity contribution is -0.119. The summed E-state index contributed by atoms with van der Waals surface area (Å²) in [6, 6.07) is 6.19. The molecule has 5 N–H and O–H groups in total. The second kappa shape index (κ2) is 9.31. The number of benzene rings is 1. The normalized spacial score (nSPS) is 22.3. The second-order valence-corrected chi connectivity index (χ2v) is 9.36. The Kier molecular flexibility index (Phi) is 6.56. The Bertz CT molecular complexity index is 1330. The van der Waals surface area contributed by atoms with Gasteiger partial charge in [0, 0.05) is 37.1 Å². The third-order valence-corrected chi connectivity index (χ3v) is 6.71. The zero-order valence-electron chi connectivity index (χ0n) is 19.6. The van der Waals surface area contributed by atoms with Crippen molar-refractivity contribution in [3.8, 4) is 5.75 Å². The third kappa shape index (κ3) is 4.87. The van der Waals surface area contributed by atoms with Crippen molar-refractivity contribution in [3.63, 3.8) is 0 Å². The largest absolute Gasteiger partial charge is 0.478 e. The summed E-state index contributed by atoms with van der Waals surface area (Å²) in [7, 11) is 1.61. The van der Waals surface area contributed by atoms with E-state index in [-0.39, 0.29) is 23.8 Å². The fourth-order valence-electron chi connectivity index (χ4n) is 4.05. The van der Waals surface area contributed by atoms with Crippen LogP contribution in [0.5, 0.6) is 5.75 Å². The number of nitrogens with zero attached hydrogens (tertiary/aromatic N) is 4. The minimum absolute atomic E-state index is 0.00808. The van der Waals surface area contributed by atoms with Crippen LogP contribution in [0.15, 0.2) is 35.3 Å². The summed E-state index contributed by atoms with van der Waals surface area (Å²) in [5, 5.41) is 4.15. The van der Waals surface area contributed by atoms with Crippen LogP contribution in [0.3, 0.4) is 0 Å². The topological polar surface area (TPSA) is 141 Å². The van der Waals surface area contributed by atoms with Crippen LogP contribution in [0.2, 0.25) is 5.02 Å². The maximum absolute atomic E-state index is 14.8. The minimum Gasteiger partial charge on any atom is -0.478 e. The van der Waals surface area contributed by atoms with Crippen molar-refractivity contribution >= 4 is 45.9 Å². The summed E-state index contributed by atoms with van der Waals surface area (Å²) in [5.41, 5.74) is 10.6. The molecule has 0 radical (unpaired) electrons. The predicted molar refractivity (Wildman–Crippen MR) is 133 cm³/mol. The number of aryl methyl sites for hydroxylation is 1. The van der Waals surface area contributed by atoms with Gasteiger partial charge in [-0.25, -0.2) is 9.37 Å². The number of amides is 1. The lowest BCUT2D eigenvalue weighted by Gasteiger charge is -2.43. The number of fused-ring (bicyclic) bond motifs is 1. The number of ether oxygens (including phenoxy) is 1. The second-order valence-electron chi connectivity index (χ2n) is 8.96. The smallest absolute Gasteiger partial charge is 0.293 e. The van der Waals surface area contributed by atoms with Gasteiger partial charge in [0.25, 0.3) is 11.5 Å². The molecule has 1 aromatic carbocycles. The molecule has 35 heavy (non-hydrogen) atoms. The number of nitrogens with one attached hydrogen (secondary N) is 1. The number of nitrogens with two attached hydrogens (primary N) is 2. The number of halogens is 2. The Hall–Kier alpha value is -3.44. The van der Waals surface area contributed by atoms with Gasteiger partial charge < -0.3 is 31.0 Å². The van der Waals surface area contributed by atoms with Crippen molar-refractivity contribution in [2.75, 3.05) is 29.9 Å². The van der Waals surface area contributed by atoms with Crippen LogP contribution in [0.1, 0.15) is 13.8 Å². The Morgan fingerprint density at radius 2 is 2.11 bits per heavy atom. The summed E-state index contributed by atoms with van der Waals surface area (Å²) in [5.74, 6) is -0.230. The molecule has 0 spiro atoms. The number of carbonyl (C=O) groups is 1. The molecule has 2 aromatic heterocycles. The molecular formula is C23H27ClFN7O3. The highest BCUT2D eigenvalue weighted by Crippen LogP contribution is 2.33. The molecule has 10 nitrogen and oxygen atoms in total. The number of anilines is 3. The van der Waals surface area contributed by atoms with Gasteiger partial charge in [-0.15, -0.1) is 0 Å². The van der Waals surface area contributed by atoms with Crippen molar-refractivity contribution in [1.29, 1.82) is 0 Å². The van der Waals surface area contributed by atoms with Crippen molar-refractivity contribution in [1.82, 2.24) is 14.5 Å². The number of aromatic nitrogens is 3. The molecule has 186 valence electrons. The van der Waals surface area contributed by atoms with Crippen LogP contribution >= 0.6 is 11.6 Å². The average molecular weight is 504 g/mol.